The van der Waals surface area contributed by atoms with Crippen LogP contribution in [0.2, 0.25) is 0 Å². The zero-order chi connectivity index (χ0) is 25.3. The van der Waals surface area contributed by atoms with Crippen LogP contribution in [-0.2, 0) is 23.1 Å². The molecule has 36 heavy (non-hydrogen) atoms. The summed E-state index contributed by atoms with van der Waals surface area (Å²) in [7, 11) is 1.91. The van der Waals surface area contributed by atoms with Crippen molar-refractivity contribution in [3.05, 3.63) is 66.2 Å². The van der Waals surface area contributed by atoms with Crippen molar-refractivity contribution in [3.8, 4) is 22.9 Å². The fraction of sp³-hybridized carbons (Fsp3) is 0.483. The maximum absolute atomic E-state index is 10.8. The second-order valence-corrected chi connectivity index (χ2v) is 9.95. The van der Waals surface area contributed by atoms with Crippen LogP contribution in [0.3, 0.4) is 0 Å². The number of hydrogen-bond donors (Lipinski definition) is 1. The third-order valence-corrected chi connectivity index (χ3v) is 6.19. The van der Waals surface area contributed by atoms with Gasteiger partial charge in [0, 0.05) is 45.5 Å². The average Bonchev–Trinajstić information content (AvgIpc) is 3.48. The lowest BCUT2D eigenvalue weighted by molar-refractivity contribution is -0.00399. The van der Waals surface area contributed by atoms with E-state index in [-0.39, 0.29) is 6.10 Å². The van der Waals surface area contributed by atoms with Crippen LogP contribution < -0.4 is 4.74 Å². The number of benzene rings is 2. The van der Waals surface area contributed by atoms with Gasteiger partial charge < -0.3 is 19.3 Å². The van der Waals surface area contributed by atoms with Crippen molar-refractivity contribution in [3.63, 3.8) is 0 Å². The molecule has 1 saturated heterocycles. The van der Waals surface area contributed by atoms with E-state index in [1.54, 1.807) is 4.68 Å². The van der Waals surface area contributed by atoms with Gasteiger partial charge in [0.05, 0.1) is 24.4 Å². The summed E-state index contributed by atoms with van der Waals surface area (Å²) in [5, 5.41) is 15.7. The minimum absolute atomic E-state index is 0.157. The molecule has 194 valence electrons. The largest absolute Gasteiger partial charge is 0.439 e. The van der Waals surface area contributed by atoms with Gasteiger partial charge in [-0.1, -0.05) is 62.4 Å². The molecule has 1 aliphatic rings. The Kier molecular flexibility index (Phi) is 9.53. The molecule has 7 heteroatoms. The first-order valence-corrected chi connectivity index (χ1v) is 12.9. The van der Waals surface area contributed by atoms with Crippen molar-refractivity contribution < 1.29 is 19.3 Å². The predicted octanol–water partition coefficient (Wildman–Crippen LogP) is 4.89. The Balaban J connectivity index is 1.61. The fourth-order valence-electron chi connectivity index (χ4n) is 4.54. The number of nitrogens with zero attached hydrogens (tertiary/aromatic N) is 3. The van der Waals surface area contributed by atoms with E-state index in [9.17, 15) is 5.11 Å². The molecule has 0 bridgehead atoms. The van der Waals surface area contributed by atoms with E-state index in [1.807, 2.05) is 55.6 Å². The van der Waals surface area contributed by atoms with Crippen LogP contribution in [0.4, 0.5) is 0 Å². The third kappa shape index (κ3) is 7.40. The summed E-state index contributed by atoms with van der Waals surface area (Å²) in [6.07, 6.45) is 1.66. The van der Waals surface area contributed by atoms with E-state index in [0.29, 0.717) is 38.1 Å². The third-order valence-electron chi connectivity index (χ3n) is 6.19. The second-order valence-electron chi connectivity index (χ2n) is 9.95. The van der Waals surface area contributed by atoms with Crippen molar-refractivity contribution in [1.29, 1.82) is 0 Å². The van der Waals surface area contributed by atoms with Gasteiger partial charge in [0.15, 0.2) is 0 Å². The van der Waals surface area contributed by atoms with E-state index in [1.165, 1.54) is 0 Å². The molecule has 0 amide bonds. The Morgan fingerprint density at radius 1 is 1.08 bits per heavy atom. The summed E-state index contributed by atoms with van der Waals surface area (Å²) in [5.74, 6) is 1.89. The fourth-order valence-corrected chi connectivity index (χ4v) is 4.54. The monoisotopic (exact) mass is 493 g/mol. The zero-order valence-corrected chi connectivity index (χ0v) is 21.7. The summed E-state index contributed by atoms with van der Waals surface area (Å²) in [6.45, 7) is 7.74. The number of aryl methyl sites for hydroxylation is 1. The average molecular weight is 494 g/mol. The summed E-state index contributed by atoms with van der Waals surface area (Å²) in [6, 6.07) is 20.0. The number of aromatic nitrogens is 2. The number of hydrogen-bond acceptors (Lipinski definition) is 6. The van der Waals surface area contributed by atoms with Gasteiger partial charge in [-0.2, -0.15) is 5.10 Å². The molecule has 7 nitrogen and oxygen atoms in total. The molecule has 1 aliphatic heterocycles. The first-order chi connectivity index (χ1) is 17.5. The van der Waals surface area contributed by atoms with Crippen LogP contribution in [0.5, 0.6) is 11.6 Å². The molecule has 1 aromatic heterocycles. The van der Waals surface area contributed by atoms with Gasteiger partial charge in [0.2, 0.25) is 5.88 Å². The molecule has 2 aromatic carbocycles. The van der Waals surface area contributed by atoms with Gasteiger partial charge in [0.1, 0.15) is 11.4 Å². The van der Waals surface area contributed by atoms with Gasteiger partial charge in [-0.3, -0.25) is 4.90 Å². The molecule has 2 unspecified atom stereocenters. The lowest BCUT2D eigenvalue weighted by Gasteiger charge is -2.28. The second kappa shape index (κ2) is 13.0. The van der Waals surface area contributed by atoms with Crippen molar-refractivity contribution >= 4 is 0 Å². The van der Waals surface area contributed by atoms with Crippen LogP contribution in [-0.4, -0.2) is 64.9 Å². The first kappa shape index (κ1) is 26.4. The Morgan fingerprint density at radius 3 is 2.47 bits per heavy atom. The van der Waals surface area contributed by atoms with E-state index in [0.717, 1.165) is 48.6 Å². The van der Waals surface area contributed by atoms with Gasteiger partial charge in [-0.15, -0.1) is 0 Å². The van der Waals surface area contributed by atoms with E-state index < -0.39 is 6.10 Å². The van der Waals surface area contributed by atoms with Crippen LogP contribution in [0.15, 0.2) is 60.7 Å². The van der Waals surface area contributed by atoms with Gasteiger partial charge in [0.25, 0.3) is 0 Å². The minimum Gasteiger partial charge on any atom is -0.439 e. The van der Waals surface area contributed by atoms with E-state index in [4.69, 9.17) is 19.3 Å². The quantitative estimate of drug-likeness (QED) is 0.366. The summed E-state index contributed by atoms with van der Waals surface area (Å²) >= 11 is 0. The molecular formula is C29H39N3O4. The summed E-state index contributed by atoms with van der Waals surface area (Å²) in [5.41, 5.74) is 2.90. The van der Waals surface area contributed by atoms with Crippen molar-refractivity contribution in [1.82, 2.24) is 14.7 Å². The Bertz CT molecular complexity index is 1050. The molecule has 1 N–H and O–H groups in total. The highest BCUT2D eigenvalue weighted by Gasteiger charge is 2.26. The zero-order valence-electron chi connectivity index (χ0n) is 21.7. The predicted molar refractivity (Wildman–Crippen MR) is 141 cm³/mol. The first-order valence-electron chi connectivity index (χ1n) is 12.9. The van der Waals surface area contributed by atoms with Gasteiger partial charge >= 0.3 is 0 Å². The highest BCUT2D eigenvalue weighted by Crippen LogP contribution is 2.34. The number of aliphatic hydroxyl groups excluding tert-OH is 1. The highest BCUT2D eigenvalue weighted by molar-refractivity contribution is 5.65. The lowest BCUT2D eigenvalue weighted by Crippen LogP contribution is -2.39. The van der Waals surface area contributed by atoms with Crippen molar-refractivity contribution in [2.45, 2.75) is 45.4 Å². The van der Waals surface area contributed by atoms with Crippen LogP contribution in [0.25, 0.3) is 11.3 Å². The molecule has 2 heterocycles. The Labute approximate surface area is 214 Å². The summed E-state index contributed by atoms with van der Waals surface area (Å²) in [4.78, 5) is 2.25. The standard InChI is InChI=1S/C29H39N3O4/c1-22(2)20-34-21-24(33)17-32(18-26-15-10-16-35-26)19-27-28(23-11-6-4-7-12-23)30-31(3)29(27)36-25-13-8-5-9-14-25/h4-9,11-14,22,24,26,33H,10,15-21H2,1-3H3. The molecule has 3 aromatic rings. The van der Waals surface area contributed by atoms with E-state index in [2.05, 4.69) is 30.9 Å². The maximum Gasteiger partial charge on any atom is 0.222 e. The van der Waals surface area contributed by atoms with Crippen molar-refractivity contribution in [2.75, 3.05) is 32.9 Å². The molecule has 1 fully saturated rings. The Morgan fingerprint density at radius 2 is 1.81 bits per heavy atom. The molecular weight excluding hydrogens is 454 g/mol. The van der Waals surface area contributed by atoms with Gasteiger partial charge in [-0.25, -0.2) is 4.68 Å². The van der Waals surface area contributed by atoms with Crippen LogP contribution >= 0.6 is 0 Å². The molecule has 4 rings (SSSR count). The molecule has 0 saturated carbocycles. The maximum atomic E-state index is 10.8. The SMILES string of the molecule is CC(C)COCC(O)CN(Cc1c(-c2ccccc2)nn(C)c1Oc1ccccc1)CC1CCCO1. The molecule has 2 atom stereocenters. The molecule has 0 radical (unpaired) electrons. The number of para-hydroxylation sites is 1. The van der Waals surface area contributed by atoms with Crippen molar-refractivity contribution in [2.24, 2.45) is 13.0 Å². The van der Waals surface area contributed by atoms with Gasteiger partial charge in [-0.05, 0) is 30.9 Å². The van der Waals surface area contributed by atoms with E-state index >= 15 is 0 Å². The number of ether oxygens (including phenoxy) is 3. The normalized spacial score (nSPS) is 16.7. The smallest absolute Gasteiger partial charge is 0.222 e. The highest BCUT2D eigenvalue weighted by atomic mass is 16.5. The van der Waals surface area contributed by atoms with Crippen LogP contribution in [0, 0.1) is 5.92 Å². The number of aliphatic hydroxyl groups is 1. The van der Waals surface area contributed by atoms with Crippen LogP contribution in [0.1, 0.15) is 32.3 Å². The topological polar surface area (TPSA) is 69.0 Å². The number of rotatable bonds is 13. The Hall–Kier alpha value is -2.71. The summed E-state index contributed by atoms with van der Waals surface area (Å²) < 4.78 is 19.9. The molecule has 0 spiro atoms. The molecule has 0 aliphatic carbocycles. The minimum atomic E-state index is -0.597. The lowest BCUT2D eigenvalue weighted by atomic mass is 10.1.